The molecule has 0 saturated carbocycles. The first-order valence-corrected chi connectivity index (χ1v) is 12.3. The van der Waals surface area contributed by atoms with Gasteiger partial charge in [-0.1, -0.05) is 32.9 Å². The molecular weight excluding hydrogens is 450 g/mol. The van der Waals surface area contributed by atoms with E-state index in [1.807, 2.05) is 30.5 Å². The smallest absolute Gasteiger partial charge is 0.223 e. The number of piperazine rings is 1. The third kappa shape index (κ3) is 4.69. The van der Waals surface area contributed by atoms with E-state index in [1.54, 1.807) is 15.4 Å². The largest absolute Gasteiger partial charge is 0.368 e. The van der Waals surface area contributed by atoms with Crippen LogP contribution in [0.4, 0.5) is 5.69 Å². The van der Waals surface area contributed by atoms with E-state index < -0.39 is 0 Å². The number of pyridine rings is 1. The SMILES string of the molecule is Cn1cc(-c2cc(-c3ccc(N4CCN(C(=O)CC(C)(C)C)CC4)cc3)c3c(C#N)cnn3c2)cn1. The Labute approximate surface area is 211 Å². The lowest BCUT2D eigenvalue weighted by molar-refractivity contribution is -0.133. The lowest BCUT2D eigenvalue weighted by atomic mass is 9.91. The van der Waals surface area contributed by atoms with Gasteiger partial charge in [-0.25, -0.2) is 4.52 Å². The Morgan fingerprint density at radius 2 is 1.69 bits per heavy atom. The number of aryl methyl sites for hydroxylation is 1. The van der Waals surface area contributed by atoms with E-state index in [9.17, 15) is 10.1 Å². The first-order chi connectivity index (χ1) is 17.2. The summed E-state index contributed by atoms with van der Waals surface area (Å²) in [6.07, 6.45) is 7.92. The molecule has 0 aliphatic carbocycles. The van der Waals surface area contributed by atoms with Crippen LogP contribution in [-0.2, 0) is 11.8 Å². The topological polar surface area (TPSA) is 82.5 Å². The molecule has 4 aromatic rings. The molecule has 0 N–H and O–H groups in total. The second-order valence-electron chi connectivity index (χ2n) is 10.7. The average Bonchev–Trinajstić information content (AvgIpc) is 3.48. The number of rotatable bonds is 4. The molecule has 1 amide bonds. The minimum Gasteiger partial charge on any atom is -0.368 e. The number of benzene rings is 1. The number of hydrogen-bond acceptors (Lipinski definition) is 5. The van der Waals surface area contributed by atoms with Crippen molar-refractivity contribution in [3.63, 3.8) is 0 Å². The maximum Gasteiger partial charge on any atom is 0.223 e. The van der Waals surface area contributed by atoms with Crippen molar-refractivity contribution in [2.75, 3.05) is 31.1 Å². The molecule has 4 heterocycles. The number of carbonyl (C=O) groups is 1. The van der Waals surface area contributed by atoms with Gasteiger partial charge >= 0.3 is 0 Å². The summed E-state index contributed by atoms with van der Waals surface area (Å²) in [6.45, 7) is 9.43. The zero-order valence-electron chi connectivity index (χ0n) is 21.3. The predicted octanol–water partition coefficient (Wildman–Crippen LogP) is 4.36. The van der Waals surface area contributed by atoms with Crippen LogP contribution in [0.5, 0.6) is 0 Å². The molecule has 0 bridgehead atoms. The summed E-state index contributed by atoms with van der Waals surface area (Å²) < 4.78 is 3.55. The summed E-state index contributed by atoms with van der Waals surface area (Å²) in [5.74, 6) is 0.240. The second-order valence-corrected chi connectivity index (χ2v) is 10.7. The summed E-state index contributed by atoms with van der Waals surface area (Å²) in [6, 6.07) is 12.8. The van der Waals surface area contributed by atoms with Gasteiger partial charge in [-0.3, -0.25) is 9.48 Å². The lowest BCUT2D eigenvalue weighted by Crippen LogP contribution is -2.49. The highest BCUT2D eigenvalue weighted by atomic mass is 16.2. The number of fused-ring (bicyclic) bond motifs is 1. The zero-order valence-corrected chi connectivity index (χ0v) is 21.3. The van der Waals surface area contributed by atoms with Crippen LogP contribution in [0, 0.1) is 16.7 Å². The van der Waals surface area contributed by atoms with E-state index in [2.05, 4.69) is 72.3 Å². The Bertz CT molecular complexity index is 1440. The lowest BCUT2D eigenvalue weighted by Gasteiger charge is -2.37. The van der Waals surface area contributed by atoms with Gasteiger partial charge in [0, 0.05) is 74.4 Å². The summed E-state index contributed by atoms with van der Waals surface area (Å²) in [5, 5.41) is 18.4. The molecule has 1 aliphatic rings. The van der Waals surface area contributed by atoms with E-state index in [0.29, 0.717) is 12.0 Å². The van der Waals surface area contributed by atoms with Crippen LogP contribution < -0.4 is 4.90 Å². The van der Waals surface area contributed by atoms with Crippen molar-refractivity contribution >= 4 is 17.1 Å². The van der Waals surface area contributed by atoms with E-state index in [-0.39, 0.29) is 11.3 Å². The number of carbonyl (C=O) groups excluding carboxylic acids is 1. The third-order valence-corrected chi connectivity index (χ3v) is 6.63. The molecule has 0 atom stereocenters. The van der Waals surface area contributed by atoms with Gasteiger partial charge < -0.3 is 9.80 Å². The van der Waals surface area contributed by atoms with Crippen LogP contribution in [0.1, 0.15) is 32.8 Å². The van der Waals surface area contributed by atoms with Crippen LogP contribution in [0.25, 0.3) is 27.8 Å². The number of amides is 1. The first-order valence-electron chi connectivity index (χ1n) is 12.3. The second kappa shape index (κ2) is 9.15. The number of anilines is 1. The molecule has 8 heteroatoms. The van der Waals surface area contributed by atoms with Gasteiger partial charge in [0.2, 0.25) is 5.91 Å². The quantitative estimate of drug-likeness (QED) is 0.433. The summed E-state index contributed by atoms with van der Waals surface area (Å²) in [4.78, 5) is 16.9. The van der Waals surface area contributed by atoms with Crippen molar-refractivity contribution in [2.24, 2.45) is 12.5 Å². The summed E-state index contributed by atoms with van der Waals surface area (Å²) in [7, 11) is 1.89. The Kier molecular flexibility index (Phi) is 6.00. The zero-order chi connectivity index (χ0) is 25.4. The highest BCUT2D eigenvalue weighted by molar-refractivity contribution is 5.88. The monoisotopic (exact) mass is 481 g/mol. The van der Waals surface area contributed by atoms with Gasteiger partial charge in [-0.15, -0.1) is 0 Å². The molecule has 1 fully saturated rings. The highest BCUT2D eigenvalue weighted by Crippen LogP contribution is 2.33. The van der Waals surface area contributed by atoms with Gasteiger partial charge in [0.15, 0.2) is 0 Å². The minimum atomic E-state index is 0.00468. The van der Waals surface area contributed by atoms with E-state index in [0.717, 1.165) is 59.6 Å². The van der Waals surface area contributed by atoms with Crippen molar-refractivity contribution in [3.8, 4) is 28.3 Å². The van der Waals surface area contributed by atoms with E-state index in [1.165, 1.54) is 0 Å². The molecule has 1 saturated heterocycles. The Morgan fingerprint density at radius 3 is 2.31 bits per heavy atom. The van der Waals surface area contributed by atoms with Gasteiger partial charge in [-0.05, 0) is 29.2 Å². The van der Waals surface area contributed by atoms with Gasteiger partial charge in [0.25, 0.3) is 0 Å². The third-order valence-electron chi connectivity index (χ3n) is 6.63. The van der Waals surface area contributed by atoms with Crippen LogP contribution in [0.2, 0.25) is 0 Å². The van der Waals surface area contributed by atoms with Crippen LogP contribution in [0.3, 0.4) is 0 Å². The average molecular weight is 482 g/mol. The molecule has 0 radical (unpaired) electrons. The van der Waals surface area contributed by atoms with Gasteiger partial charge in [0.1, 0.15) is 6.07 Å². The van der Waals surface area contributed by atoms with Crippen molar-refractivity contribution in [3.05, 3.63) is 60.7 Å². The first kappa shape index (κ1) is 23.6. The molecular formula is C28H31N7O. The molecule has 184 valence electrons. The predicted molar refractivity (Wildman–Crippen MR) is 140 cm³/mol. The maximum atomic E-state index is 12.6. The number of nitriles is 1. The van der Waals surface area contributed by atoms with Crippen molar-refractivity contribution < 1.29 is 4.79 Å². The fourth-order valence-corrected chi connectivity index (χ4v) is 4.78. The molecule has 5 rings (SSSR count). The van der Waals surface area contributed by atoms with Crippen molar-refractivity contribution in [2.45, 2.75) is 27.2 Å². The van der Waals surface area contributed by atoms with Crippen LogP contribution in [0.15, 0.2) is 55.1 Å². The van der Waals surface area contributed by atoms with Crippen LogP contribution >= 0.6 is 0 Å². The molecule has 36 heavy (non-hydrogen) atoms. The molecule has 1 aromatic carbocycles. The normalized spacial score (nSPS) is 14.3. The standard InChI is InChI=1S/C28H31N7O/c1-28(2,3)14-26(36)34-11-9-33(10-12-34)24-7-5-20(6-8-24)25-13-21(23-17-30-32(4)18-23)19-35-27(25)22(15-29)16-31-35/h5-8,13,16-19H,9-12,14H2,1-4H3. The minimum absolute atomic E-state index is 0.00468. The Morgan fingerprint density at radius 1 is 0.972 bits per heavy atom. The number of hydrogen-bond donors (Lipinski definition) is 0. The summed E-state index contributed by atoms with van der Waals surface area (Å²) >= 11 is 0. The summed E-state index contributed by atoms with van der Waals surface area (Å²) in [5.41, 5.74) is 6.43. The van der Waals surface area contributed by atoms with Gasteiger partial charge in [0.05, 0.1) is 23.5 Å². The Hall–Kier alpha value is -4.12. The highest BCUT2D eigenvalue weighted by Gasteiger charge is 2.25. The van der Waals surface area contributed by atoms with Crippen LogP contribution in [-0.4, -0.2) is 56.4 Å². The maximum absolute atomic E-state index is 12.6. The van der Waals surface area contributed by atoms with E-state index in [4.69, 9.17) is 0 Å². The number of nitrogens with zero attached hydrogens (tertiary/aromatic N) is 7. The van der Waals surface area contributed by atoms with Gasteiger partial charge in [-0.2, -0.15) is 15.5 Å². The van der Waals surface area contributed by atoms with E-state index >= 15 is 0 Å². The fraction of sp³-hybridized carbons (Fsp3) is 0.357. The number of aromatic nitrogens is 4. The molecule has 0 spiro atoms. The molecule has 0 unspecified atom stereocenters. The van der Waals surface area contributed by atoms with Crippen molar-refractivity contribution in [1.29, 1.82) is 5.26 Å². The Balaban J connectivity index is 1.40. The van der Waals surface area contributed by atoms with Crippen molar-refractivity contribution in [1.82, 2.24) is 24.3 Å². The molecule has 1 aliphatic heterocycles. The molecule has 8 nitrogen and oxygen atoms in total. The fourth-order valence-electron chi connectivity index (χ4n) is 4.78. The molecule has 3 aromatic heterocycles.